The highest BCUT2D eigenvalue weighted by Gasteiger charge is 2.18. The average Bonchev–Trinajstić information content (AvgIpc) is 2.59. The number of benzene rings is 2. The summed E-state index contributed by atoms with van der Waals surface area (Å²) in [6.45, 7) is 10.4. The predicted molar refractivity (Wildman–Crippen MR) is 105 cm³/mol. The molecule has 2 aromatic carbocycles. The van der Waals surface area contributed by atoms with Crippen molar-refractivity contribution in [1.29, 1.82) is 5.41 Å². The third kappa shape index (κ3) is 3.97. The average molecular weight is 335 g/mol. The number of aryl methyl sites for hydroxylation is 2. The van der Waals surface area contributed by atoms with Gasteiger partial charge in [-0.3, -0.25) is 10.2 Å². The second kappa shape index (κ2) is 7.79. The first kappa shape index (κ1) is 18.5. The minimum absolute atomic E-state index is 0.0534. The van der Waals surface area contributed by atoms with E-state index < -0.39 is 0 Å². The third-order valence-electron chi connectivity index (χ3n) is 4.16. The Morgan fingerprint density at radius 2 is 1.92 bits per heavy atom. The molecule has 0 spiro atoms. The molecular weight excluding hydrogens is 310 g/mol. The molecule has 1 amide bonds. The molecule has 0 aliphatic rings. The maximum Gasteiger partial charge on any atom is 0.252 e. The van der Waals surface area contributed by atoms with E-state index in [1.165, 1.54) is 5.56 Å². The standard InChI is InChI=1S/C21H25N3O/c1-5-11-24-21(25)15(4)19(22)18-8-6-7-17(20(18)23)16-10-9-13(2)12-14(16)3/h6-10,12,22H,4-5,11,23H2,1-3H3,(H,24,25). The van der Waals surface area contributed by atoms with E-state index in [2.05, 4.69) is 18.0 Å². The van der Waals surface area contributed by atoms with E-state index in [1.807, 2.05) is 45.0 Å². The largest absolute Gasteiger partial charge is 0.398 e. The maximum atomic E-state index is 12.1. The summed E-state index contributed by atoms with van der Waals surface area (Å²) in [4.78, 5) is 12.1. The number of nitrogens with two attached hydrogens (primary N) is 1. The molecular formula is C21H25N3O. The van der Waals surface area contributed by atoms with Gasteiger partial charge in [-0.05, 0) is 31.4 Å². The van der Waals surface area contributed by atoms with E-state index in [4.69, 9.17) is 11.1 Å². The lowest BCUT2D eigenvalue weighted by Gasteiger charge is -2.15. The number of carbonyl (C=O) groups excluding carboxylic acids is 1. The van der Waals surface area contributed by atoms with Crippen LogP contribution in [0.1, 0.15) is 30.0 Å². The topological polar surface area (TPSA) is 79.0 Å². The smallest absolute Gasteiger partial charge is 0.252 e. The minimum atomic E-state index is -0.330. The van der Waals surface area contributed by atoms with Gasteiger partial charge in [0.2, 0.25) is 0 Å². The maximum absolute atomic E-state index is 12.1. The molecule has 0 atom stereocenters. The number of nitrogen functional groups attached to an aromatic ring is 1. The van der Waals surface area contributed by atoms with Crippen LogP contribution in [-0.4, -0.2) is 18.2 Å². The Bertz CT molecular complexity index is 837. The highest BCUT2D eigenvalue weighted by Crippen LogP contribution is 2.32. The van der Waals surface area contributed by atoms with Crippen molar-refractivity contribution < 1.29 is 4.79 Å². The fourth-order valence-corrected chi connectivity index (χ4v) is 2.76. The summed E-state index contributed by atoms with van der Waals surface area (Å²) in [5.74, 6) is -0.330. The van der Waals surface area contributed by atoms with Crippen molar-refractivity contribution in [2.75, 3.05) is 12.3 Å². The van der Waals surface area contributed by atoms with Gasteiger partial charge in [0.1, 0.15) is 0 Å². The van der Waals surface area contributed by atoms with Gasteiger partial charge in [0.05, 0.1) is 11.3 Å². The number of amides is 1. The molecule has 130 valence electrons. The number of rotatable bonds is 6. The molecule has 0 aliphatic heterocycles. The van der Waals surface area contributed by atoms with Crippen LogP contribution in [0.25, 0.3) is 11.1 Å². The molecule has 0 fully saturated rings. The van der Waals surface area contributed by atoms with E-state index >= 15 is 0 Å². The minimum Gasteiger partial charge on any atom is -0.398 e. The fourth-order valence-electron chi connectivity index (χ4n) is 2.76. The van der Waals surface area contributed by atoms with Crippen molar-refractivity contribution in [3.8, 4) is 11.1 Å². The lowest BCUT2D eigenvalue weighted by molar-refractivity contribution is -0.116. The highest BCUT2D eigenvalue weighted by atomic mass is 16.1. The van der Waals surface area contributed by atoms with Gasteiger partial charge < -0.3 is 11.1 Å². The first-order valence-corrected chi connectivity index (χ1v) is 8.39. The number of carbonyl (C=O) groups is 1. The normalized spacial score (nSPS) is 10.4. The van der Waals surface area contributed by atoms with Gasteiger partial charge in [0.15, 0.2) is 0 Å². The van der Waals surface area contributed by atoms with Gasteiger partial charge in [0.25, 0.3) is 5.91 Å². The number of para-hydroxylation sites is 1. The van der Waals surface area contributed by atoms with Crippen LogP contribution < -0.4 is 11.1 Å². The van der Waals surface area contributed by atoms with Gasteiger partial charge in [0, 0.05) is 23.4 Å². The monoisotopic (exact) mass is 335 g/mol. The molecule has 0 aliphatic carbocycles. The Morgan fingerprint density at radius 1 is 1.20 bits per heavy atom. The summed E-state index contributed by atoms with van der Waals surface area (Å²) in [6.07, 6.45) is 0.830. The Labute approximate surface area is 149 Å². The number of nitrogens with one attached hydrogen (secondary N) is 2. The lowest BCUT2D eigenvalue weighted by Crippen LogP contribution is -2.28. The molecule has 4 heteroatoms. The Hall–Kier alpha value is -2.88. The first-order chi connectivity index (χ1) is 11.9. The van der Waals surface area contributed by atoms with Gasteiger partial charge in [-0.15, -0.1) is 0 Å². The summed E-state index contributed by atoms with van der Waals surface area (Å²) >= 11 is 0. The lowest BCUT2D eigenvalue weighted by atomic mass is 9.92. The molecule has 0 aromatic heterocycles. The molecule has 0 saturated heterocycles. The zero-order valence-corrected chi connectivity index (χ0v) is 15.1. The molecule has 4 nitrogen and oxygen atoms in total. The predicted octanol–water partition coefficient (Wildman–Crippen LogP) is 4.00. The number of anilines is 1. The molecule has 0 unspecified atom stereocenters. The van der Waals surface area contributed by atoms with Crippen LogP contribution in [0.5, 0.6) is 0 Å². The molecule has 0 bridgehead atoms. The van der Waals surface area contributed by atoms with Gasteiger partial charge in [-0.1, -0.05) is 55.5 Å². The summed E-state index contributed by atoms with van der Waals surface area (Å²) in [6, 6.07) is 11.7. The van der Waals surface area contributed by atoms with Crippen LogP contribution in [0, 0.1) is 19.3 Å². The fraction of sp³-hybridized carbons (Fsp3) is 0.238. The first-order valence-electron chi connectivity index (χ1n) is 8.39. The molecule has 2 rings (SSSR count). The highest BCUT2D eigenvalue weighted by molar-refractivity contribution is 6.28. The van der Waals surface area contributed by atoms with Gasteiger partial charge in [-0.25, -0.2) is 0 Å². The van der Waals surface area contributed by atoms with Crippen molar-refractivity contribution in [3.63, 3.8) is 0 Å². The zero-order chi connectivity index (χ0) is 18.6. The van der Waals surface area contributed by atoms with Crippen LogP contribution in [0.15, 0.2) is 48.6 Å². The summed E-state index contributed by atoms with van der Waals surface area (Å²) in [5, 5.41) is 11.1. The molecule has 0 radical (unpaired) electrons. The third-order valence-corrected chi connectivity index (χ3v) is 4.16. The Balaban J connectivity index is 2.39. The second-order valence-corrected chi connectivity index (χ2v) is 6.19. The summed E-state index contributed by atoms with van der Waals surface area (Å²) < 4.78 is 0. The van der Waals surface area contributed by atoms with Crippen LogP contribution in [0.2, 0.25) is 0 Å². The Kier molecular flexibility index (Phi) is 5.75. The van der Waals surface area contributed by atoms with Gasteiger partial charge >= 0.3 is 0 Å². The van der Waals surface area contributed by atoms with E-state index in [1.54, 1.807) is 6.07 Å². The van der Waals surface area contributed by atoms with E-state index in [-0.39, 0.29) is 17.2 Å². The molecule has 25 heavy (non-hydrogen) atoms. The van der Waals surface area contributed by atoms with Crippen molar-refractivity contribution in [3.05, 3.63) is 65.2 Å². The van der Waals surface area contributed by atoms with Crippen molar-refractivity contribution in [1.82, 2.24) is 5.32 Å². The van der Waals surface area contributed by atoms with Gasteiger partial charge in [-0.2, -0.15) is 0 Å². The van der Waals surface area contributed by atoms with Crippen molar-refractivity contribution in [2.24, 2.45) is 0 Å². The molecule has 0 saturated carbocycles. The molecule has 2 aromatic rings. The van der Waals surface area contributed by atoms with E-state index in [0.29, 0.717) is 17.8 Å². The molecule has 0 heterocycles. The quantitative estimate of drug-likeness (QED) is 0.424. The van der Waals surface area contributed by atoms with Crippen LogP contribution >= 0.6 is 0 Å². The van der Waals surface area contributed by atoms with Crippen molar-refractivity contribution in [2.45, 2.75) is 27.2 Å². The zero-order valence-electron chi connectivity index (χ0n) is 15.1. The van der Waals surface area contributed by atoms with E-state index in [9.17, 15) is 4.79 Å². The van der Waals surface area contributed by atoms with Crippen LogP contribution in [0.4, 0.5) is 5.69 Å². The molecule has 4 N–H and O–H groups in total. The summed E-state index contributed by atoms with van der Waals surface area (Å²) in [5.41, 5.74) is 11.7. The second-order valence-electron chi connectivity index (χ2n) is 6.19. The number of hydrogen-bond donors (Lipinski definition) is 3. The van der Waals surface area contributed by atoms with Crippen LogP contribution in [0.3, 0.4) is 0 Å². The number of hydrogen-bond acceptors (Lipinski definition) is 3. The SMILES string of the molecule is C=C(C(=N)c1cccc(-c2ccc(C)cc2C)c1N)C(=O)NCCC. The van der Waals surface area contributed by atoms with Crippen molar-refractivity contribution >= 4 is 17.3 Å². The van der Waals surface area contributed by atoms with E-state index in [0.717, 1.165) is 23.1 Å². The van der Waals surface area contributed by atoms with Crippen LogP contribution in [-0.2, 0) is 4.79 Å². The Morgan fingerprint density at radius 3 is 2.56 bits per heavy atom. The summed E-state index contributed by atoms with van der Waals surface area (Å²) in [7, 11) is 0.